The quantitative estimate of drug-likeness (QED) is 0.356. The summed E-state index contributed by atoms with van der Waals surface area (Å²) in [4.78, 5) is 24.7. The summed E-state index contributed by atoms with van der Waals surface area (Å²) in [5.41, 5.74) is 1.34. The molecule has 174 valence electrons. The number of hydrogen-bond donors (Lipinski definition) is 4. The van der Waals surface area contributed by atoms with Crippen LogP contribution in [0.25, 0.3) is 0 Å². The highest BCUT2D eigenvalue weighted by atomic mass is 35.5. The highest BCUT2D eigenvalue weighted by Crippen LogP contribution is 2.26. The van der Waals surface area contributed by atoms with Crippen LogP contribution in [0.2, 0.25) is 5.02 Å². The minimum Gasteiger partial charge on any atom is -0.455 e. The largest absolute Gasteiger partial charge is 0.503 e. The minimum atomic E-state index is -1.83. The lowest BCUT2D eigenvalue weighted by Gasteiger charge is -2.36. The zero-order valence-corrected chi connectivity index (χ0v) is 18.0. The van der Waals surface area contributed by atoms with Gasteiger partial charge in [0.1, 0.15) is 17.9 Å². The molecule has 1 aliphatic carbocycles. The fraction of sp³-hybridized carbons (Fsp3) is 0.409. The summed E-state index contributed by atoms with van der Waals surface area (Å²) in [7, 11) is 0. The van der Waals surface area contributed by atoms with Gasteiger partial charge in [0.15, 0.2) is 0 Å². The summed E-state index contributed by atoms with van der Waals surface area (Å²) in [6, 6.07) is 12.6. The molecule has 9 nitrogen and oxygen atoms in total. The molecular weight excluding hydrogens is 442 g/mol. The Labute approximate surface area is 190 Å². The second-order valence-electron chi connectivity index (χ2n) is 7.19. The molecule has 1 saturated carbocycles. The molecule has 1 aromatic heterocycles. The molecule has 1 aliphatic rings. The normalized spacial score (nSPS) is 22.3. The van der Waals surface area contributed by atoms with Gasteiger partial charge in [-0.2, -0.15) is 0 Å². The third-order valence-electron chi connectivity index (χ3n) is 4.78. The number of carbonyl (C=O) groups excluding carboxylic acids is 1. The molecule has 0 spiro atoms. The summed E-state index contributed by atoms with van der Waals surface area (Å²) in [6.45, 7) is 0.511. The number of nitrogens with zero attached hydrogens (tertiary/aromatic N) is 1. The molecule has 4 N–H and O–H groups in total. The van der Waals surface area contributed by atoms with Crippen molar-refractivity contribution in [3.63, 3.8) is 0 Å². The van der Waals surface area contributed by atoms with Crippen LogP contribution in [0.5, 0.6) is 0 Å². The van der Waals surface area contributed by atoms with Gasteiger partial charge in [0.25, 0.3) is 0 Å². The fourth-order valence-electron chi connectivity index (χ4n) is 3.26. The number of esters is 1. The second-order valence-corrected chi connectivity index (χ2v) is 7.63. The molecule has 10 heteroatoms. The highest BCUT2D eigenvalue weighted by molar-refractivity contribution is 6.30. The standard InChI is InChI=1S/C21H24ClNO5.CH2O3/c22-15-8-6-14(7-9-15)4-3-11-27-16-12-18(24)20(25)19(13-16)28-21(26)17-5-1-2-10-23-17;2-1(3)4/h1-2,5-10,16,18-20,24-25H,3-4,11-13H2;(H2,2,3,4)/t16-,18-,19+,20+;/m0./s1. The van der Waals surface area contributed by atoms with Gasteiger partial charge in [-0.3, -0.25) is 0 Å². The van der Waals surface area contributed by atoms with Crippen LogP contribution in [0, 0.1) is 0 Å². The second kappa shape index (κ2) is 13.0. The van der Waals surface area contributed by atoms with Crippen molar-refractivity contribution in [2.24, 2.45) is 0 Å². The van der Waals surface area contributed by atoms with E-state index in [9.17, 15) is 15.0 Å². The first-order valence-corrected chi connectivity index (χ1v) is 10.4. The number of rotatable bonds is 7. The van der Waals surface area contributed by atoms with Gasteiger partial charge in [-0.15, -0.1) is 0 Å². The number of aryl methyl sites for hydroxylation is 1. The number of carbonyl (C=O) groups is 2. The van der Waals surface area contributed by atoms with E-state index in [0.29, 0.717) is 24.5 Å². The molecule has 32 heavy (non-hydrogen) atoms. The lowest BCUT2D eigenvalue weighted by atomic mass is 9.89. The summed E-state index contributed by atoms with van der Waals surface area (Å²) >= 11 is 5.88. The van der Waals surface area contributed by atoms with Crippen LogP contribution < -0.4 is 0 Å². The Kier molecular flexibility index (Phi) is 10.4. The first-order chi connectivity index (χ1) is 15.3. The SMILES string of the molecule is O=C(O)O.O=C(O[C@@H]1C[C@@H](OCCCc2ccc(Cl)cc2)C[C@H](O)[C@H]1O)c1ccccn1. The molecule has 0 radical (unpaired) electrons. The van der Waals surface area contributed by atoms with Crippen LogP contribution in [0.3, 0.4) is 0 Å². The lowest BCUT2D eigenvalue weighted by Crippen LogP contribution is -2.49. The minimum absolute atomic E-state index is 0.162. The van der Waals surface area contributed by atoms with Crippen LogP contribution in [-0.2, 0) is 15.9 Å². The summed E-state index contributed by atoms with van der Waals surface area (Å²) in [6.07, 6.45) is -1.29. The van der Waals surface area contributed by atoms with Crippen molar-refractivity contribution in [3.8, 4) is 0 Å². The first-order valence-electron chi connectivity index (χ1n) is 10.0. The molecule has 0 amide bonds. The van der Waals surface area contributed by atoms with Crippen LogP contribution >= 0.6 is 11.6 Å². The third kappa shape index (κ3) is 8.80. The summed E-state index contributed by atoms with van der Waals surface area (Å²) in [5, 5.41) is 34.9. The monoisotopic (exact) mass is 467 g/mol. The molecule has 1 heterocycles. The Bertz CT molecular complexity index is 845. The van der Waals surface area contributed by atoms with Gasteiger partial charge in [-0.25, -0.2) is 14.6 Å². The van der Waals surface area contributed by atoms with Crippen LogP contribution in [0.1, 0.15) is 35.3 Å². The Hall–Kier alpha value is -2.72. The van der Waals surface area contributed by atoms with Crippen molar-refractivity contribution in [2.45, 2.75) is 50.1 Å². The van der Waals surface area contributed by atoms with Crippen molar-refractivity contribution < 1.29 is 39.5 Å². The molecule has 2 aromatic rings. The lowest BCUT2D eigenvalue weighted by molar-refractivity contribution is -0.134. The van der Waals surface area contributed by atoms with Crippen LogP contribution in [-0.4, -0.2) is 68.6 Å². The maximum absolute atomic E-state index is 12.2. The maximum Gasteiger partial charge on any atom is 0.503 e. The third-order valence-corrected chi connectivity index (χ3v) is 5.04. The Morgan fingerprint density at radius 1 is 1.06 bits per heavy atom. The smallest absolute Gasteiger partial charge is 0.455 e. The van der Waals surface area contributed by atoms with Crippen molar-refractivity contribution in [1.29, 1.82) is 0 Å². The van der Waals surface area contributed by atoms with Crippen LogP contribution in [0.15, 0.2) is 48.7 Å². The number of carboxylic acid groups (broad SMARTS) is 2. The molecule has 1 aromatic carbocycles. The molecule has 0 unspecified atom stereocenters. The number of ether oxygens (including phenoxy) is 2. The number of aliphatic hydroxyl groups excluding tert-OH is 2. The van der Waals surface area contributed by atoms with E-state index >= 15 is 0 Å². The Morgan fingerprint density at radius 2 is 1.75 bits per heavy atom. The van der Waals surface area contributed by atoms with E-state index < -0.39 is 30.4 Å². The number of pyridine rings is 1. The van der Waals surface area contributed by atoms with E-state index in [1.54, 1.807) is 18.2 Å². The summed E-state index contributed by atoms with van der Waals surface area (Å²) in [5.74, 6) is -0.625. The number of aromatic nitrogens is 1. The molecule has 0 saturated heterocycles. The van der Waals surface area contributed by atoms with Gasteiger partial charge < -0.3 is 29.9 Å². The van der Waals surface area contributed by atoms with Gasteiger partial charge in [0, 0.05) is 30.7 Å². The van der Waals surface area contributed by atoms with Gasteiger partial charge >= 0.3 is 12.1 Å². The molecule has 1 fully saturated rings. The zero-order valence-electron chi connectivity index (χ0n) is 17.2. The van der Waals surface area contributed by atoms with Crippen molar-refractivity contribution in [1.82, 2.24) is 4.98 Å². The molecule has 0 aliphatic heterocycles. The van der Waals surface area contributed by atoms with E-state index in [2.05, 4.69) is 4.98 Å². The average Bonchev–Trinajstić information content (AvgIpc) is 2.76. The Balaban J connectivity index is 0.000000837. The molecular formula is C22H26ClNO8. The number of aliphatic hydroxyl groups is 2. The number of benzene rings is 1. The number of halogens is 1. The van der Waals surface area contributed by atoms with E-state index in [1.165, 1.54) is 11.8 Å². The predicted molar refractivity (Wildman–Crippen MR) is 115 cm³/mol. The van der Waals surface area contributed by atoms with Gasteiger partial charge in [0.05, 0.1) is 12.2 Å². The van der Waals surface area contributed by atoms with E-state index in [-0.39, 0.29) is 11.8 Å². The van der Waals surface area contributed by atoms with Crippen molar-refractivity contribution in [3.05, 3.63) is 64.9 Å². The van der Waals surface area contributed by atoms with Gasteiger partial charge in [-0.05, 0) is 42.7 Å². The number of hydrogen-bond acceptors (Lipinski definition) is 7. The maximum atomic E-state index is 12.2. The first kappa shape index (κ1) is 25.5. The van der Waals surface area contributed by atoms with E-state index in [4.69, 9.17) is 36.1 Å². The molecule has 0 bridgehead atoms. The fourth-order valence-corrected chi connectivity index (χ4v) is 3.39. The average molecular weight is 468 g/mol. The van der Waals surface area contributed by atoms with Crippen molar-refractivity contribution >= 4 is 23.7 Å². The van der Waals surface area contributed by atoms with Gasteiger partial charge in [-0.1, -0.05) is 29.8 Å². The summed E-state index contributed by atoms with van der Waals surface area (Å²) < 4.78 is 11.2. The van der Waals surface area contributed by atoms with Crippen LogP contribution in [0.4, 0.5) is 4.79 Å². The topological polar surface area (TPSA) is 146 Å². The van der Waals surface area contributed by atoms with E-state index in [1.807, 2.05) is 24.3 Å². The Morgan fingerprint density at radius 3 is 2.38 bits per heavy atom. The van der Waals surface area contributed by atoms with E-state index in [0.717, 1.165) is 12.8 Å². The zero-order chi connectivity index (χ0) is 23.5. The predicted octanol–water partition coefficient (Wildman–Crippen LogP) is 3.02. The van der Waals surface area contributed by atoms with Crippen molar-refractivity contribution in [2.75, 3.05) is 6.61 Å². The molecule has 4 atom stereocenters. The highest BCUT2D eigenvalue weighted by Gasteiger charge is 2.39. The van der Waals surface area contributed by atoms with Gasteiger partial charge in [0.2, 0.25) is 0 Å². The molecule has 3 rings (SSSR count).